The van der Waals surface area contributed by atoms with Crippen LogP contribution in [-0.2, 0) is 4.74 Å². The molecule has 1 aromatic rings. The van der Waals surface area contributed by atoms with Gasteiger partial charge in [-0.25, -0.2) is 13.6 Å². The molecule has 1 aromatic carbocycles. The van der Waals surface area contributed by atoms with Crippen LogP contribution in [-0.4, -0.2) is 32.2 Å². The number of benzene rings is 1. The molecule has 0 aliphatic carbocycles. The largest absolute Gasteiger partial charge is 0.465 e. The van der Waals surface area contributed by atoms with Crippen LogP contribution in [0.4, 0.5) is 14.5 Å². The van der Waals surface area contributed by atoms with Gasteiger partial charge >= 0.3 is 5.97 Å². The molecule has 1 fully saturated rings. The van der Waals surface area contributed by atoms with E-state index in [2.05, 4.69) is 15.4 Å². The van der Waals surface area contributed by atoms with Gasteiger partial charge in [-0.05, 0) is 31.5 Å². The standard InChI is InChI=1S/C14H18F2N2O2/c1-20-14(19)10-5-6-11(13(16)12(10)15)18-8-9-4-2-3-7-17-9/h5-6,9,17-18H,2-4,7-8H2,1H3. The highest BCUT2D eigenvalue weighted by molar-refractivity contribution is 5.90. The first-order valence-corrected chi connectivity index (χ1v) is 6.67. The Hall–Kier alpha value is -1.69. The normalized spacial score (nSPS) is 18.6. The molecule has 1 unspecified atom stereocenters. The van der Waals surface area contributed by atoms with Crippen molar-refractivity contribution >= 4 is 11.7 Å². The molecule has 0 amide bonds. The summed E-state index contributed by atoms with van der Waals surface area (Å²) >= 11 is 0. The molecular weight excluding hydrogens is 266 g/mol. The van der Waals surface area contributed by atoms with Crippen molar-refractivity contribution in [2.24, 2.45) is 0 Å². The van der Waals surface area contributed by atoms with Crippen LogP contribution in [0.5, 0.6) is 0 Å². The van der Waals surface area contributed by atoms with Gasteiger partial charge in [-0.1, -0.05) is 6.42 Å². The molecule has 20 heavy (non-hydrogen) atoms. The Kier molecular flexibility index (Phi) is 4.89. The first-order chi connectivity index (χ1) is 9.63. The molecule has 2 rings (SSSR count). The van der Waals surface area contributed by atoms with Crippen LogP contribution in [0.3, 0.4) is 0 Å². The van der Waals surface area contributed by atoms with Crippen LogP contribution in [0.15, 0.2) is 12.1 Å². The van der Waals surface area contributed by atoms with Gasteiger partial charge in [-0.15, -0.1) is 0 Å². The lowest BCUT2D eigenvalue weighted by Gasteiger charge is -2.24. The molecule has 1 atom stereocenters. The first-order valence-electron chi connectivity index (χ1n) is 6.67. The number of piperidine rings is 1. The molecule has 1 heterocycles. The van der Waals surface area contributed by atoms with Crippen LogP contribution in [0, 0.1) is 11.6 Å². The number of rotatable bonds is 4. The second kappa shape index (κ2) is 6.65. The number of hydrogen-bond donors (Lipinski definition) is 2. The maximum atomic E-state index is 13.8. The van der Waals surface area contributed by atoms with Crippen LogP contribution in [0.25, 0.3) is 0 Å². The van der Waals surface area contributed by atoms with E-state index in [9.17, 15) is 13.6 Å². The molecule has 1 saturated heterocycles. The highest BCUT2D eigenvalue weighted by atomic mass is 19.2. The van der Waals surface area contributed by atoms with E-state index in [0.717, 1.165) is 32.9 Å². The average Bonchev–Trinajstić information content (AvgIpc) is 2.49. The van der Waals surface area contributed by atoms with Crippen LogP contribution < -0.4 is 10.6 Å². The number of ether oxygens (including phenoxy) is 1. The molecule has 0 bridgehead atoms. The summed E-state index contributed by atoms with van der Waals surface area (Å²) in [4.78, 5) is 11.2. The summed E-state index contributed by atoms with van der Waals surface area (Å²) < 4.78 is 32.0. The third-order valence-corrected chi connectivity index (χ3v) is 3.44. The molecule has 1 aliphatic heterocycles. The minimum atomic E-state index is -1.18. The highest BCUT2D eigenvalue weighted by Crippen LogP contribution is 2.21. The van der Waals surface area contributed by atoms with Gasteiger partial charge in [-0.3, -0.25) is 0 Å². The number of halogens is 2. The molecular formula is C14H18F2N2O2. The molecule has 0 spiro atoms. The predicted molar refractivity (Wildman–Crippen MR) is 71.8 cm³/mol. The van der Waals surface area contributed by atoms with Crippen LogP contribution in [0.2, 0.25) is 0 Å². The summed E-state index contributed by atoms with van der Waals surface area (Å²) in [5.74, 6) is -3.12. The quantitative estimate of drug-likeness (QED) is 0.833. The van der Waals surface area contributed by atoms with E-state index in [0.29, 0.717) is 6.54 Å². The second-order valence-electron chi connectivity index (χ2n) is 4.81. The summed E-state index contributed by atoms with van der Waals surface area (Å²) in [6.45, 7) is 1.47. The van der Waals surface area contributed by atoms with E-state index in [1.54, 1.807) is 0 Å². The number of hydrogen-bond acceptors (Lipinski definition) is 4. The zero-order valence-corrected chi connectivity index (χ0v) is 11.3. The van der Waals surface area contributed by atoms with Gasteiger partial charge in [0.15, 0.2) is 11.6 Å². The topological polar surface area (TPSA) is 50.4 Å². The van der Waals surface area contributed by atoms with E-state index < -0.39 is 23.2 Å². The van der Waals surface area contributed by atoms with Crippen molar-refractivity contribution in [3.63, 3.8) is 0 Å². The number of carbonyl (C=O) groups is 1. The van der Waals surface area contributed by atoms with E-state index in [4.69, 9.17) is 0 Å². The van der Waals surface area contributed by atoms with E-state index >= 15 is 0 Å². The number of anilines is 1. The van der Waals surface area contributed by atoms with Crippen LogP contribution in [0.1, 0.15) is 29.6 Å². The number of nitrogens with one attached hydrogen (secondary N) is 2. The Morgan fingerprint density at radius 1 is 1.40 bits per heavy atom. The van der Waals surface area contributed by atoms with Gasteiger partial charge < -0.3 is 15.4 Å². The Bertz CT molecular complexity index is 488. The lowest BCUT2D eigenvalue weighted by Crippen LogP contribution is -2.39. The number of esters is 1. The Morgan fingerprint density at radius 3 is 2.85 bits per heavy atom. The van der Waals surface area contributed by atoms with Crippen molar-refractivity contribution in [1.29, 1.82) is 0 Å². The molecule has 110 valence electrons. The highest BCUT2D eigenvalue weighted by Gasteiger charge is 2.20. The zero-order valence-electron chi connectivity index (χ0n) is 11.3. The molecule has 1 aliphatic rings. The minimum absolute atomic E-state index is 0.0579. The Balaban J connectivity index is 2.05. The molecule has 2 N–H and O–H groups in total. The smallest absolute Gasteiger partial charge is 0.340 e. The zero-order chi connectivity index (χ0) is 14.5. The van der Waals surface area contributed by atoms with Crippen molar-refractivity contribution in [3.05, 3.63) is 29.3 Å². The predicted octanol–water partition coefficient (Wildman–Crippen LogP) is 2.31. The summed E-state index contributed by atoms with van der Waals surface area (Å²) in [5.41, 5.74) is -0.339. The van der Waals surface area contributed by atoms with Gasteiger partial charge in [0.05, 0.1) is 18.4 Å². The molecule has 0 saturated carbocycles. The monoisotopic (exact) mass is 284 g/mol. The van der Waals surface area contributed by atoms with Crippen LogP contribution >= 0.6 is 0 Å². The average molecular weight is 284 g/mol. The van der Waals surface area contributed by atoms with E-state index in [1.807, 2.05) is 0 Å². The lowest BCUT2D eigenvalue weighted by molar-refractivity contribution is 0.0594. The van der Waals surface area contributed by atoms with Gasteiger partial charge in [0.2, 0.25) is 0 Å². The molecule has 0 radical (unpaired) electrons. The van der Waals surface area contributed by atoms with Gasteiger partial charge in [0.25, 0.3) is 0 Å². The fraction of sp³-hybridized carbons (Fsp3) is 0.500. The Labute approximate surface area is 116 Å². The molecule has 6 heteroatoms. The summed E-state index contributed by atoms with van der Waals surface area (Å²) in [7, 11) is 1.13. The van der Waals surface area contributed by atoms with E-state index in [1.165, 1.54) is 12.1 Å². The Morgan fingerprint density at radius 2 is 2.20 bits per heavy atom. The summed E-state index contributed by atoms with van der Waals surface area (Å²) in [6, 6.07) is 2.83. The SMILES string of the molecule is COC(=O)c1ccc(NCC2CCCCN2)c(F)c1F. The third kappa shape index (κ3) is 3.25. The minimum Gasteiger partial charge on any atom is -0.465 e. The summed E-state index contributed by atoms with van der Waals surface area (Å²) in [5, 5.41) is 6.19. The fourth-order valence-electron chi connectivity index (χ4n) is 2.28. The van der Waals surface area contributed by atoms with Gasteiger partial charge in [0, 0.05) is 12.6 Å². The first kappa shape index (κ1) is 14.7. The molecule has 0 aromatic heterocycles. The second-order valence-corrected chi connectivity index (χ2v) is 4.81. The number of methoxy groups -OCH3 is 1. The van der Waals surface area contributed by atoms with Crippen molar-refractivity contribution in [1.82, 2.24) is 5.32 Å². The van der Waals surface area contributed by atoms with Crippen molar-refractivity contribution in [3.8, 4) is 0 Å². The maximum Gasteiger partial charge on any atom is 0.340 e. The lowest BCUT2D eigenvalue weighted by atomic mass is 10.0. The van der Waals surface area contributed by atoms with Crippen molar-refractivity contribution in [2.45, 2.75) is 25.3 Å². The van der Waals surface area contributed by atoms with Crippen molar-refractivity contribution in [2.75, 3.05) is 25.5 Å². The molecule has 4 nitrogen and oxygen atoms in total. The van der Waals surface area contributed by atoms with E-state index in [-0.39, 0.29) is 11.7 Å². The van der Waals surface area contributed by atoms with Crippen molar-refractivity contribution < 1.29 is 18.3 Å². The number of carbonyl (C=O) groups excluding carboxylic acids is 1. The van der Waals surface area contributed by atoms with Gasteiger partial charge in [0.1, 0.15) is 0 Å². The maximum absolute atomic E-state index is 13.8. The third-order valence-electron chi connectivity index (χ3n) is 3.44. The summed E-state index contributed by atoms with van der Waals surface area (Å²) in [6.07, 6.45) is 3.29. The van der Waals surface area contributed by atoms with Gasteiger partial charge in [-0.2, -0.15) is 0 Å². The fourth-order valence-corrected chi connectivity index (χ4v) is 2.28.